The number of rotatable bonds is 8. The lowest BCUT2D eigenvalue weighted by atomic mass is 10.2. The number of amides is 3. The molecule has 0 heterocycles. The molecule has 0 fully saturated rings. The molecule has 2 aromatic rings. The van der Waals surface area contributed by atoms with Gasteiger partial charge in [0, 0.05) is 11.4 Å². The second kappa shape index (κ2) is 11.2. The first-order valence-electron chi connectivity index (χ1n) is 9.25. The number of ether oxygens (including phenoxy) is 2. The van der Waals surface area contributed by atoms with Gasteiger partial charge >= 0.3 is 18.0 Å². The normalized spacial score (nSPS) is 11.0. The number of nitrogens with one attached hydrogen (secondary N) is 3. The predicted octanol–water partition coefficient (Wildman–Crippen LogP) is 2.56. The van der Waals surface area contributed by atoms with Gasteiger partial charge in [-0.1, -0.05) is 18.2 Å². The molecule has 0 radical (unpaired) electrons. The van der Waals surface area contributed by atoms with E-state index in [1.165, 1.54) is 31.2 Å². The van der Waals surface area contributed by atoms with Crippen molar-refractivity contribution in [3.8, 4) is 0 Å². The highest BCUT2D eigenvalue weighted by atomic mass is 16.5. The minimum atomic E-state index is -0.953. The number of hydrogen-bond donors (Lipinski definition) is 3. The van der Waals surface area contributed by atoms with Crippen LogP contribution < -0.4 is 16.0 Å². The minimum Gasteiger partial charge on any atom is -0.462 e. The predicted molar refractivity (Wildman–Crippen MR) is 110 cm³/mol. The highest BCUT2D eigenvalue weighted by Gasteiger charge is 2.18. The molecule has 0 aromatic heterocycles. The zero-order chi connectivity index (χ0) is 21.9. The topological polar surface area (TPSA) is 123 Å². The standard InChI is InChI=1S/C21H23N3O6/c1-3-29-20(27)15-9-11-17(12-10-15)23-18(25)13-30-19(26)14(2)22-21(28)24-16-7-5-4-6-8-16/h4-12,14H,3,13H2,1-2H3,(H,23,25)(H2,22,24,28)/t14-/m0/s1. The van der Waals surface area contributed by atoms with Gasteiger partial charge in [-0.25, -0.2) is 14.4 Å². The largest absolute Gasteiger partial charge is 0.462 e. The summed E-state index contributed by atoms with van der Waals surface area (Å²) < 4.78 is 9.79. The highest BCUT2D eigenvalue weighted by Crippen LogP contribution is 2.10. The van der Waals surface area contributed by atoms with Gasteiger partial charge in [-0.3, -0.25) is 4.79 Å². The average Bonchev–Trinajstić information content (AvgIpc) is 2.73. The molecule has 0 bridgehead atoms. The van der Waals surface area contributed by atoms with Gasteiger partial charge in [0.25, 0.3) is 5.91 Å². The summed E-state index contributed by atoms with van der Waals surface area (Å²) in [5.74, 6) is -1.78. The fourth-order valence-corrected chi connectivity index (χ4v) is 2.31. The molecule has 3 amide bonds. The lowest BCUT2D eigenvalue weighted by Crippen LogP contribution is -2.42. The number of hydrogen-bond acceptors (Lipinski definition) is 6. The molecule has 158 valence electrons. The van der Waals surface area contributed by atoms with Crippen molar-refractivity contribution in [2.24, 2.45) is 0 Å². The number of esters is 2. The fraction of sp³-hybridized carbons (Fsp3) is 0.238. The van der Waals surface area contributed by atoms with Crippen LogP contribution in [0.1, 0.15) is 24.2 Å². The maximum atomic E-state index is 12.0. The molecule has 0 spiro atoms. The van der Waals surface area contributed by atoms with E-state index >= 15 is 0 Å². The average molecular weight is 413 g/mol. The Morgan fingerprint density at radius 3 is 2.13 bits per heavy atom. The Balaban J connectivity index is 1.74. The summed E-state index contributed by atoms with van der Waals surface area (Å²) in [5.41, 5.74) is 1.36. The van der Waals surface area contributed by atoms with Crippen LogP contribution in [0.3, 0.4) is 0 Å². The third-order valence-electron chi connectivity index (χ3n) is 3.76. The van der Waals surface area contributed by atoms with Gasteiger partial charge in [-0.15, -0.1) is 0 Å². The molecule has 0 unspecified atom stereocenters. The van der Waals surface area contributed by atoms with E-state index in [4.69, 9.17) is 9.47 Å². The first kappa shape index (κ1) is 22.4. The molecule has 2 rings (SSSR count). The SMILES string of the molecule is CCOC(=O)c1ccc(NC(=O)COC(=O)[C@H](C)NC(=O)Nc2ccccc2)cc1. The number of carbonyl (C=O) groups excluding carboxylic acids is 4. The Kier molecular flexibility index (Phi) is 8.37. The molecular formula is C21H23N3O6. The summed E-state index contributed by atoms with van der Waals surface area (Å²) in [6.07, 6.45) is 0. The first-order chi connectivity index (χ1) is 14.4. The van der Waals surface area contributed by atoms with Gasteiger partial charge in [0.2, 0.25) is 0 Å². The lowest BCUT2D eigenvalue weighted by Gasteiger charge is -2.14. The Bertz CT molecular complexity index is 883. The first-order valence-corrected chi connectivity index (χ1v) is 9.25. The zero-order valence-corrected chi connectivity index (χ0v) is 16.6. The molecule has 30 heavy (non-hydrogen) atoms. The van der Waals surface area contributed by atoms with Crippen LogP contribution in [-0.4, -0.2) is 43.1 Å². The van der Waals surface area contributed by atoms with Crippen molar-refractivity contribution in [1.29, 1.82) is 0 Å². The quantitative estimate of drug-likeness (QED) is 0.572. The smallest absolute Gasteiger partial charge is 0.338 e. The molecular weight excluding hydrogens is 390 g/mol. The molecule has 0 aliphatic rings. The second-order valence-electron chi connectivity index (χ2n) is 6.14. The van der Waals surface area contributed by atoms with E-state index in [0.29, 0.717) is 16.9 Å². The summed E-state index contributed by atoms with van der Waals surface area (Å²) >= 11 is 0. The maximum Gasteiger partial charge on any atom is 0.338 e. The third-order valence-corrected chi connectivity index (χ3v) is 3.76. The Labute approximate surface area is 173 Å². The fourth-order valence-electron chi connectivity index (χ4n) is 2.31. The van der Waals surface area contributed by atoms with Gasteiger partial charge in [0.1, 0.15) is 6.04 Å². The van der Waals surface area contributed by atoms with Crippen molar-refractivity contribution in [3.05, 3.63) is 60.2 Å². The molecule has 0 saturated carbocycles. The van der Waals surface area contributed by atoms with Crippen molar-refractivity contribution < 1.29 is 28.7 Å². The van der Waals surface area contributed by atoms with Crippen molar-refractivity contribution >= 4 is 35.3 Å². The van der Waals surface area contributed by atoms with Crippen molar-refractivity contribution in [2.45, 2.75) is 19.9 Å². The van der Waals surface area contributed by atoms with E-state index in [1.54, 1.807) is 31.2 Å². The van der Waals surface area contributed by atoms with Crippen LogP contribution in [-0.2, 0) is 19.1 Å². The van der Waals surface area contributed by atoms with Crippen LogP contribution in [0.25, 0.3) is 0 Å². The molecule has 0 aliphatic carbocycles. The molecule has 3 N–H and O–H groups in total. The minimum absolute atomic E-state index is 0.268. The maximum absolute atomic E-state index is 12.0. The second-order valence-corrected chi connectivity index (χ2v) is 6.14. The summed E-state index contributed by atoms with van der Waals surface area (Å²) in [6.45, 7) is 2.90. The molecule has 0 aliphatic heterocycles. The number of anilines is 2. The number of carbonyl (C=O) groups is 4. The molecule has 2 aromatic carbocycles. The van der Waals surface area contributed by atoms with Gasteiger partial charge < -0.3 is 25.4 Å². The van der Waals surface area contributed by atoms with Crippen LogP contribution in [0.2, 0.25) is 0 Å². The van der Waals surface area contributed by atoms with E-state index in [-0.39, 0.29) is 6.61 Å². The van der Waals surface area contributed by atoms with E-state index in [1.807, 2.05) is 6.07 Å². The molecule has 9 nitrogen and oxygen atoms in total. The van der Waals surface area contributed by atoms with Crippen LogP contribution in [0.4, 0.5) is 16.2 Å². The number of urea groups is 1. The Morgan fingerprint density at radius 2 is 1.50 bits per heavy atom. The Hall–Kier alpha value is -3.88. The Morgan fingerprint density at radius 1 is 0.867 bits per heavy atom. The summed E-state index contributed by atoms with van der Waals surface area (Å²) in [6, 6.07) is 13.3. The van der Waals surface area contributed by atoms with Gasteiger partial charge in [-0.2, -0.15) is 0 Å². The van der Waals surface area contributed by atoms with E-state index in [2.05, 4.69) is 16.0 Å². The van der Waals surface area contributed by atoms with Crippen LogP contribution in [0.15, 0.2) is 54.6 Å². The monoisotopic (exact) mass is 413 g/mol. The summed E-state index contributed by atoms with van der Waals surface area (Å²) in [4.78, 5) is 47.4. The van der Waals surface area contributed by atoms with Crippen molar-refractivity contribution in [2.75, 3.05) is 23.8 Å². The van der Waals surface area contributed by atoms with Crippen molar-refractivity contribution in [1.82, 2.24) is 5.32 Å². The van der Waals surface area contributed by atoms with Crippen molar-refractivity contribution in [3.63, 3.8) is 0 Å². The lowest BCUT2D eigenvalue weighted by molar-refractivity contribution is -0.148. The summed E-state index contributed by atoms with van der Waals surface area (Å²) in [5, 5.41) is 7.54. The van der Waals surface area contributed by atoms with Crippen LogP contribution >= 0.6 is 0 Å². The molecule has 1 atom stereocenters. The van der Waals surface area contributed by atoms with E-state index < -0.39 is 36.5 Å². The van der Waals surface area contributed by atoms with Crippen LogP contribution in [0.5, 0.6) is 0 Å². The summed E-state index contributed by atoms with van der Waals surface area (Å²) in [7, 11) is 0. The van der Waals surface area contributed by atoms with Gasteiger partial charge in [-0.05, 0) is 50.2 Å². The number of para-hydroxylation sites is 1. The van der Waals surface area contributed by atoms with Gasteiger partial charge in [0.05, 0.1) is 12.2 Å². The third kappa shape index (κ3) is 7.27. The van der Waals surface area contributed by atoms with E-state index in [0.717, 1.165) is 0 Å². The van der Waals surface area contributed by atoms with Gasteiger partial charge in [0.15, 0.2) is 6.61 Å². The number of benzene rings is 2. The van der Waals surface area contributed by atoms with Crippen LogP contribution in [0, 0.1) is 0 Å². The highest BCUT2D eigenvalue weighted by molar-refractivity contribution is 5.95. The van der Waals surface area contributed by atoms with E-state index in [9.17, 15) is 19.2 Å². The molecule has 9 heteroatoms. The zero-order valence-electron chi connectivity index (χ0n) is 16.6. The molecule has 0 saturated heterocycles.